The van der Waals surface area contributed by atoms with Crippen molar-refractivity contribution in [3.05, 3.63) is 71.0 Å². The summed E-state index contributed by atoms with van der Waals surface area (Å²) in [5, 5.41) is 14.4. The van der Waals surface area contributed by atoms with Crippen LogP contribution in [0.25, 0.3) is 21.3 Å². The Kier molecular flexibility index (Phi) is 7.76. The normalized spacial score (nSPS) is 12.9. The minimum atomic E-state index is -5.08. The zero-order valence-corrected chi connectivity index (χ0v) is 20.7. The lowest BCUT2D eigenvalue weighted by atomic mass is 10.1. The van der Waals surface area contributed by atoms with Crippen LogP contribution < -0.4 is 0 Å². The van der Waals surface area contributed by atoms with Crippen LogP contribution in [0.4, 0.5) is 13.2 Å². The van der Waals surface area contributed by atoms with Crippen LogP contribution in [0.5, 0.6) is 0 Å². The van der Waals surface area contributed by atoms with E-state index in [2.05, 4.69) is 15.2 Å². The summed E-state index contributed by atoms with van der Waals surface area (Å²) in [7, 11) is 1.36. The minimum Gasteiger partial charge on any atom is -0.475 e. The summed E-state index contributed by atoms with van der Waals surface area (Å²) in [6, 6.07) is 13.4. The number of carboxylic acids is 1. The molecule has 2 aromatic carbocycles. The molecule has 2 heterocycles. The zero-order chi connectivity index (χ0) is 27.4. The topological polar surface area (TPSA) is 125 Å². The molecule has 0 bridgehead atoms. The molecule has 0 atom stereocenters. The number of hydrogen-bond acceptors (Lipinski definition) is 7. The fourth-order valence-corrected chi connectivity index (χ4v) is 4.55. The number of fused-ring (bicyclic) bond motifs is 1. The number of halogens is 3. The van der Waals surface area contributed by atoms with Gasteiger partial charge in [0, 0.05) is 24.3 Å². The number of carbonyl (C=O) groups is 3. The van der Waals surface area contributed by atoms with Crippen molar-refractivity contribution in [2.45, 2.75) is 31.6 Å². The second-order valence-electron chi connectivity index (χ2n) is 8.35. The van der Waals surface area contributed by atoms with Gasteiger partial charge in [-0.25, -0.2) is 14.6 Å². The Bertz CT molecular complexity index is 1470. The molecule has 0 aliphatic heterocycles. The number of alkyl halides is 3. The number of H-pyrrole nitrogens is 1. The number of esters is 1. The van der Waals surface area contributed by atoms with E-state index in [-0.39, 0.29) is 17.9 Å². The molecule has 0 unspecified atom stereocenters. The predicted molar refractivity (Wildman–Crippen MR) is 132 cm³/mol. The SMILES string of the molecule is COC(=O)c1cccc(CN(C(=O)c2nc3ccc(-c4cn[nH]c4)cc3s2)C2CC2)c1.O=C(O)C(F)(F)F. The van der Waals surface area contributed by atoms with Crippen molar-refractivity contribution in [1.29, 1.82) is 0 Å². The van der Waals surface area contributed by atoms with Crippen molar-refractivity contribution < 1.29 is 37.4 Å². The molecule has 0 radical (unpaired) electrons. The second-order valence-corrected chi connectivity index (χ2v) is 9.38. The number of hydrogen-bond donors (Lipinski definition) is 2. The number of carboxylic acid groups (broad SMARTS) is 1. The third-order valence-electron chi connectivity index (χ3n) is 5.59. The maximum atomic E-state index is 13.4. The smallest absolute Gasteiger partial charge is 0.475 e. The maximum absolute atomic E-state index is 13.4. The first kappa shape index (κ1) is 26.8. The maximum Gasteiger partial charge on any atom is 0.490 e. The van der Waals surface area contributed by atoms with E-state index in [1.165, 1.54) is 18.4 Å². The number of carbonyl (C=O) groups excluding carboxylic acids is 2. The van der Waals surface area contributed by atoms with Crippen LogP contribution in [-0.4, -0.2) is 62.4 Å². The van der Waals surface area contributed by atoms with Gasteiger partial charge >= 0.3 is 18.1 Å². The zero-order valence-electron chi connectivity index (χ0n) is 19.9. The standard InChI is InChI=1S/C23H20N4O3S.C2HF3O2/c1-30-23(29)16-4-2-3-14(9-16)13-27(18-6-7-18)22(28)21-26-19-8-5-15(10-20(19)31-21)17-11-24-25-12-17;3-2(4,5)1(6)7/h2-5,8-12,18H,6-7,13H2,1H3,(H,24,25);(H,6,7). The van der Waals surface area contributed by atoms with Gasteiger partial charge in [0.05, 0.1) is 29.1 Å². The van der Waals surface area contributed by atoms with E-state index < -0.39 is 12.1 Å². The summed E-state index contributed by atoms with van der Waals surface area (Å²) in [4.78, 5) is 40.6. The molecule has 1 saturated carbocycles. The number of rotatable bonds is 6. The van der Waals surface area contributed by atoms with Gasteiger partial charge in [-0.3, -0.25) is 9.89 Å². The predicted octanol–water partition coefficient (Wildman–Crippen LogP) is 4.91. The molecule has 1 amide bonds. The average molecular weight is 547 g/mol. The Morgan fingerprint density at radius 1 is 1.16 bits per heavy atom. The van der Waals surface area contributed by atoms with E-state index in [0.717, 1.165) is 39.7 Å². The molecular weight excluding hydrogens is 525 g/mol. The van der Waals surface area contributed by atoms with Gasteiger partial charge in [0.1, 0.15) is 0 Å². The number of aromatic amines is 1. The number of benzene rings is 2. The van der Waals surface area contributed by atoms with Crippen LogP contribution in [-0.2, 0) is 16.1 Å². The number of aliphatic carboxylic acids is 1. The highest BCUT2D eigenvalue weighted by Gasteiger charge is 2.38. The molecular formula is C25H21F3N4O5S. The fourth-order valence-electron chi connectivity index (χ4n) is 3.59. The van der Waals surface area contributed by atoms with Gasteiger partial charge in [0.15, 0.2) is 5.01 Å². The van der Waals surface area contributed by atoms with E-state index in [0.29, 0.717) is 17.1 Å². The number of amides is 1. The van der Waals surface area contributed by atoms with Crippen molar-refractivity contribution in [2.75, 3.05) is 7.11 Å². The molecule has 1 fully saturated rings. The van der Waals surface area contributed by atoms with Crippen LogP contribution in [0, 0.1) is 0 Å². The monoisotopic (exact) mass is 546 g/mol. The molecule has 5 rings (SSSR count). The van der Waals surface area contributed by atoms with Crippen molar-refractivity contribution in [3.63, 3.8) is 0 Å². The number of thiazole rings is 1. The summed E-state index contributed by atoms with van der Waals surface area (Å²) in [6.45, 7) is 0.435. The molecule has 198 valence electrons. The summed E-state index contributed by atoms with van der Waals surface area (Å²) in [5.41, 5.74) is 4.21. The van der Waals surface area contributed by atoms with Gasteiger partial charge in [0.25, 0.3) is 5.91 Å². The molecule has 1 aliphatic carbocycles. The van der Waals surface area contributed by atoms with Gasteiger partial charge in [-0.1, -0.05) is 18.2 Å². The number of nitrogens with one attached hydrogen (secondary N) is 1. The summed E-state index contributed by atoms with van der Waals surface area (Å²) in [5.74, 6) is -3.21. The van der Waals surface area contributed by atoms with Gasteiger partial charge in [0.2, 0.25) is 0 Å². The highest BCUT2D eigenvalue weighted by atomic mass is 32.1. The third-order valence-corrected chi connectivity index (χ3v) is 6.60. The van der Waals surface area contributed by atoms with Crippen LogP contribution in [0.2, 0.25) is 0 Å². The van der Waals surface area contributed by atoms with E-state index in [4.69, 9.17) is 14.6 Å². The van der Waals surface area contributed by atoms with Crippen molar-refractivity contribution in [1.82, 2.24) is 20.1 Å². The molecule has 9 nitrogen and oxygen atoms in total. The van der Waals surface area contributed by atoms with Gasteiger partial charge < -0.3 is 14.7 Å². The third kappa shape index (κ3) is 6.35. The first-order chi connectivity index (χ1) is 18.1. The molecule has 1 aliphatic rings. The van der Waals surface area contributed by atoms with Crippen LogP contribution in [0.3, 0.4) is 0 Å². The highest BCUT2D eigenvalue weighted by Crippen LogP contribution is 2.33. The molecule has 2 aromatic heterocycles. The lowest BCUT2D eigenvalue weighted by Gasteiger charge is -2.21. The van der Waals surface area contributed by atoms with Crippen LogP contribution >= 0.6 is 11.3 Å². The summed E-state index contributed by atoms with van der Waals surface area (Å²) < 4.78 is 37.5. The van der Waals surface area contributed by atoms with Crippen LogP contribution in [0.1, 0.15) is 38.6 Å². The Morgan fingerprint density at radius 2 is 1.89 bits per heavy atom. The Hall–Kier alpha value is -4.26. The van der Waals surface area contributed by atoms with Crippen molar-refractivity contribution >= 4 is 39.4 Å². The van der Waals surface area contributed by atoms with Crippen molar-refractivity contribution in [3.8, 4) is 11.1 Å². The van der Waals surface area contributed by atoms with Crippen LogP contribution in [0.15, 0.2) is 54.9 Å². The lowest BCUT2D eigenvalue weighted by Crippen LogP contribution is -2.32. The van der Waals surface area contributed by atoms with Gasteiger partial charge in [-0.2, -0.15) is 18.3 Å². The first-order valence-electron chi connectivity index (χ1n) is 11.2. The second kappa shape index (κ2) is 11.0. The van der Waals surface area contributed by atoms with Gasteiger partial charge in [-0.05, 0) is 48.2 Å². The largest absolute Gasteiger partial charge is 0.490 e. The van der Waals surface area contributed by atoms with Crippen molar-refractivity contribution in [2.24, 2.45) is 0 Å². The van der Waals surface area contributed by atoms with E-state index >= 15 is 0 Å². The molecule has 4 aromatic rings. The average Bonchev–Trinajstić information content (AvgIpc) is 3.40. The van der Waals surface area contributed by atoms with E-state index in [1.54, 1.807) is 18.3 Å². The van der Waals surface area contributed by atoms with E-state index in [1.807, 2.05) is 41.4 Å². The number of ether oxygens (including phenoxy) is 1. The molecule has 38 heavy (non-hydrogen) atoms. The Labute approximate surface area is 217 Å². The lowest BCUT2D eigenvalue weighted by molar-refractivity contribution is -0.192. The van der Waals surface area contributed by atoms with E-state index in [9.17, 15) is 22.8 Å². The Morgan fingerprint density at radius 3 is 2.50 bits per heavy atom. The quantitative estimate of drug-likeness (QED) is 0.329. The first-order valence-corrected chi connectivity index (χ1v) is 12.1. The number of nitrogens with zero attached hydrogens (tertiary/aromatic N) is 3. The minimum absolute atomic E-state index is 0.0722. The number of aromatic nitrogens is 3. The van der Waals surface area contributed by atoms with Gasteiger partial charge in [-0.15, -0.1) is 11.3 Å². The number of methoxy groups -OCH3 is 1. The molecule has 2 N–H and O–H groups in total. The Balaban J connectivity index is 0.000000426. The molecule has 0 saturated heterocycles. The molecule has 0 spiro atoms. The molecule has 13 heteroatoms. The highest BCUT2D eigenvalue weighted by molar-refractivity contribution is 7.20. The fraction of sp³-hybridized carbons (Fsp3) is 0.240. The summed E-state index contributed by atoms with van der Waals surface area (Å²) >= 11 is 1.41. The summed E-state index contributed by atoms with van der Waals surface area (Å²) in [6.07, 6.45) is 0.493.